The molecule has 0 spiro atoms. The number of ether oxygens (including phenoxy) is 2. The maximum Gasteiger partial charge on any atom is 0.271 e. The van der Waals surface area contributed by atoms with Gasteiger partial charge in [-0.05, 0) is 45.0 Å². The fraction of sp³-hybridized carbons (Fsp3) is 0.364. The van der Waals surface area contributed by atoms with Gasteiger partial charge in [-0.3, -0.25) is 19.7 Å². The summed E-state index contributed by atoms with van der Waals surface area (Å²) in [6.07, 6.45) is 0. The summed E-state index contributed by atoms with van der Waals surface area (Å²) in [5.41, 5.74) is 4.91. The molecule has 10 nitrogen and oxygen atoms in total. The van der Waals surface area contributed by atoms with Crippen molar-refractivity contribution < 1.29 is 24.0 Å². The SMILES string of the molecule is CC(C)(C)OC[C@@H](NC(=O)c1cc(Cl)ccc1OCCN)C(=O)Nc1ccc([N+](=O)[O-])cc1Cl. The minimum atomic E-state index is -1.14. The third-order valence-electron chi connectivity index (χ3n) is 4.29. The minimum absolute atomic E-state index is 0.0309. The Labute approximate surface area is 206 Å². The number of amides is 2. The van der Waals surface area contributed by atoms with E-state index in [2.05, 4.69) is 10.6 Å². The highest BCUT2D eigenvalue weighted by Crippen LogP contribution is 2.27. The zero-order valence-corrected chi connectivity index (χ0v) is 20.4. The molecule has 0 bridgehead atoms. The van der Waals surface area contributed by atoms with Crippen molar-refractivity contribution in [2.24, 2.45) is 5.73 Å². The number of hydrogen-bond acceptors (Lipinski definition) is 7. The number of nitrogens with one attached hydrogen (secondary N) is 2. The van der Waals surface area contributed by atoms with Crippen molar-refractivity contribution in [1.29, 1.82) is 0 Å². The number of non-ortho nitro benzene ring substituents is 1. The number of nitro benzene ring substituents is 1. The van der Waals surface area contributed by atoms with Crippen LogP contribution in [0.3, 0.4) is 0 Å². The summed E-state index contributed by atoms with van der Waals surface area (Å²) in [6, 6.07) is 6.99. The van der Waals surface area contributed by atoms with Crippen molar-refractivity contribution in [1.82, 2.24) is 5.32 Å². The third kappa shape index (κ3) is 8.14. The topological polar surface area (TPSA) is 146 Å². The largest absolute Gasteiger partial charge is 0.491 e. The number of hydrogen-bond donors (Lipinski definition) is 3. The molecule has 34 heavy (non-hydrogen) atoms. The first-order valence-electron chi connectivity index (χ1n) is 10.2. The lowest BCUT2D eigenvalue weighted by Gasteiger charge is -2.25. The van der Waals surface area contributed by atoms with Crippen LogP contribution in [-0.4, -0.2) is 48.1 Å². The van der Waals surface area contributed by atoms with Crippen LogP contribution in [-0.2, 0) is 9.53 Å². The summed E-state index contributed by atoms with van der Waals surface area (Å²) in [4.78, 5) is 36.4. The van der Waals surface area contributed by atoms with E-state index in [9.17, 15) is 19.7 Å². The van der Waals surface area contributed by atoms with Crippen LogP contribution in [0.4, 0.5) is 11.4 Å². The van der Waals surface area contributed by atoms with Gasteiger partial charge >= 0.3 is 0 Å². The lowest BCUT2D eigenvalue weighted by atomic mass is 10.1. The molecule has 0 heterocycles. The van der Waals surface area contributed by atoms with Gasteiger partial charge in [-0.2, -0.15) is 0 Å². The van der Waals surface area contributed by atoms with Gasteiger partial charge in [0, 0.05) is 23.7 Å². The smallest absolute Gasteiger partial charge is 0.271 e. The van der Waals surface area contributed by atoms with E-state index >= 15 is 0 Å². The number of nitrogens with zero attached hydrogens (tertiary/aromatic N) is 1. The molecular weight excluding hydrogens is 487 g/mol. The van der Waals surface area contributed by atoms with E-state index in [1.54, 1.807) is 26.8 Å². The van der Waals surface area contributed by atoms with Crippen molar-refractivity contribution in [3.05, 3.63) is 62.1 Å². The van der Waals surface area contributed by atoms with E-state index < -0.39 is 28.4 Å². The maximum absolute atomic E-state index is 13.0. The zero-order chi connectivity index (χ0) is 25.5. The Kier molecular flexibility index (Phi) is 9.63. The fourth-order valence-electron chi connectivity index (χ4n) is 2.67. The lowest BCUT2D eigenvalue weighted by molar-refractivity contribution is -0.384. The van der Waals surface area contributed by atoms with Crippen LogP contribution in [0.15, 0.2) is 36.4 Å². The van der Waals surface area contributed by atoms with Gasteiger partial charge in [-0.15, -0.1) is 0 Å². The number of nitro groups is 1. The fourth-order valence-corrected chi connectivity index (χ4v) is 3.06. The standard InChI is InChI=1S/C22H26Cl2N4O6/c1-22(2,3)34-12-18(21(30)26-17-6-5-14(28(31)32)11-16(17)24)27-20(29)15-10-13(23)4-7-19(15)33-9-8-25/h4-7,10-11,18H,8-9,12,25H2,1-3H3,(H,26,30)(H,27,29)/t18-/m1/s1. The van der Waals surface area contributed by atoms with Gasteiger partial charge in [-0.25, -0.2) is 0 Å². The molecule has 0 aliphatic carbocycles. The number of nitrogens with two attached hydrogens (primary N) is 1. The van der Waals surface area contributed by atoms with E-state index in [1.165, 1.54) is 24.3 Å². The molecule has 12 heteroatoms. The average molecular weight is 513 g/mol. The second kappa shape index (κ2) is 12.0. The molecular formula is C22H26Cl2N4O6. The molecule has 2 aromatic carbocycles. The molecule has 1 atom stereocenters. The molecule has 184 valence electrons. The summed E-state index contributed by atoms with van der Waals surface area (Å²) >= 11 is 12.1. The monoisotopic (exact) mass is 512 g/mol. The molecule has 0 fully saturated rings. The highest BCUT2D eigenvalue weighted by atomic mass is 35.5. The third-order valence-corrected chi connectivity index (χ3v) is 4.84. The molecule has 0 saturated carbocycles. The average Bonchev–Trinajstić information content (AvgIpc) is 2.76. The number of rotatable bonds is 10. The van der Waals surface area contributed by atoms with Crippen molar-refractivity contribution in [2.45, 2.75) is 32.4 Å². The van der Waals surface area contributed by atoms with Gasteiger partial charge < -0.3 is 25.8 Å². The molecule has 2 aromatic rings. The predicted octanol–water partition coefficient (Wildman–Crippen LogP) is 3.79. The first-order valence-corrected chi connectivity index (χ1v) is 11.0. The van der Waals surface area contributed by atoms with Crippen molar-refractivity contribution in [2.75, 3.05) is 25.1 Å². The molecule has 0 aromatic heterocycles. The van der Waals surface area contributed by atoms with E-state index in [1.807, 2.05) is 0 Å². The Morgan fingerprint density at radius 1 is 1.18 bits per heavy atom. The van der Waals surface area contributed by atoms with Gasteiger partial charge in [0.15, 0.2) is 0 Å². The highest BCUT2D eigenvalue weighted by Gasteiger charge is 2.26. The summed E-state index contributed by atoms with van der Waals surface area (Å²) < 4.78 is 11.2. The first kappa shape index (κ1) is 27.3. The Bertz CT molecular complexity index is 1060. The van der Waals surface area contributed by atoms with Crippen LogP contribution in [0.1, 0.15) is 31.1 Å². The second-order valence-electron chi connectivity index (χ2n) is 8.14. The summed E-state index contributed by atoms with van der Waals surface area (Å²) in [5.74, 6) is -1.01. The van der Waals surface area contributed by atoms with E-state index in [0.29, 0.717) is 5.02 Å². The Morgan fingerprint density at radius 3 is 2.47 bits per heavy atom. The van der Waals surface area contributed by atoms with Crippen LogP contribution in [0.2, 0.25) is 10.0 Å². The number of anilines is 1. The number of carbonyl (C=O) groups is 2. The zero-order valence-electron chi connectivity index (χ0n) is 18.9. The molecule has 0 aliphatic heterocycles. The van der Waals surface area contributed by atoms with E-state index in [-0.39, 0.29) is 47.5 Å². The summed E-state index contributed by atoms with van der Waals surface area (Å²) in [6.45, 7) is 5.65. The molecule has 4 N–H and O–H groups in total. The minimum Gasteiger partial charge on any atom is -0.491 e. The van der Waals surface area contributed by atoms with E-state index in [0.717, 1.165) is 6.07 Å². The van der Waals surface area contributed by atoms with Gasteiger partial charge in [0.1, 0.15) is 18.4 Å². The molecule has 0 unspecified atom stereocenters. The van der Waals surface area contributed by atoms with Crippen molar-refractivity contribution in [3.63, 3.8) is 0 Å². The summed E-state index contributed by atoms with van der Waals surface area (Å²) in [5, 5.41) is 16.4. The van der Waals surface area contributed by atoms with Gasteiger partial charge in [0.05, 0.1) is 33.4 Å². The summed E-state index contributed by atoms with van der Waals surface area (Å²) in [7, 11) is 0. The molecule has 0 aliphatic rings. The Morgan fingerprint density at radius 2 is 1.88 bits per heavy atom. The Hall–Kier alpha value is -2.92. The second-order valence-corrected chi connectivity index (χ2v) is 8.98. The van der Waals surface area contributed by atoms with Gasteiger partial charge in [-0.1, -0.05) is 23.2 Å². The van der Waals surface area contributed by atoms with Crippen molar-refractivity contribution >= 4 is 46.4 Å². The number of carbonyl (C=O) groups excluding carboxylic acids is 2. The Balaban J connectivity index is 2.27. The quantitative estimate of drug-likeness (QED) is 0.324. The van der Waals surface area contributed by atoms with Crippen LogP contribution in [0, 0.1) is 10.1 Å². The van der Waals surface area contributed by atoms with Gasteiger partial charge in [0.25, 0.3) is 11.6 Å². The first-order chi connectivity index (χ1) is 15.9. The lowest BCUT2D eigenvalue weighted by Crippen LogP contribution is -2.48. The normalized spacial score (nSPS) is 12.1. The van der Waals surface area contributed by atoms with Crippen LogP contribution < -0.4 is 21.1 Å². The molecule has 0 radical (unpaired) electrons. The molecule has 2 rings (SSSR count). The molecule has 2 amide bonds. The van der Waals surface area contributed by atoms with Crippen LogP contribution in [0.25, 0.3) is 0 Å². The predicted molar refractivity (Wildman–Crippen MR) is 130 cm³/mol. The highest BCUT2D eigenvalue weighted by molar-refractivity contribution is 6.34. The van der Waals surface area contributed by atoms with E-state index in [4.69, 9.17) is 38.4 Å². The van der Waals surface area contributed by atoms with Gasteiger partial charge in [0.2, 0.25) is 5.91 Å². The maximum atomic E-state index is 13.0. The van der Waals surface area contributed by atoms with Crippen LogP contribution in [0.5, 0.6) is 5.75 Å². The van der Waals surface area contributed by atoms with Crippen LogP contribution >= 0.6 is 23.2 Å². The van der Waals surface area contributed by atoms with Crippen molar-refractivity contribution in [3.8, 4) is 5.75 Å². The molecule has 0 saturated heterocycles. The number of halogens is 2. The number of benzene rings is 2.